The summed E-state index contributed by atoms with van der Waals surface area (Å²) in [6.45, 7) is 1.66. The summed E-state index contributed by atoms with van der Waals surface area (Å²) >= 11 is 0. The van der Waals surface area contributed by atoms with Gasteiger partial charge in [-0.2, -0.15) is 0 Å². The first-order chi connectivity index (χ1) is 10.6. The van der Waals surface area contributed by atoms with Gasteiger partial charge in [0.1, 0.15) is 6.54 Å². The van der Waals surface area contributed by atoms with Crippen molar-refractivity contribution in [2.75, 3.05) is 6.54 Å². The van der Waals surface area contributed by atoms with Crippen LogP contribution in [0.5, 0.6) is 0 Å². The summed E-state index contributed by atoms with van der Waals surface area (Å²) < 4.78 is 0. The zero-order valence-electron chi connectivity index (χ0n) is 12.5. The largest absolute Gasteiger partial charge is 0.480 e. The van der Waals surface area contributed by atoms with Crippen LogP contribution in [0.3, 0.4) is 0 Å². The van der Waals surface area contributed by atoms with Gasteiger partial charge in [0, 0.05) is 12.3 Å². The van der Waals surface area contributed by atoms with E-state index in [4.69, 9.17) is 5.11 Å². The van der Waals surface area contributed by atoms with Gasteiger partial charge in [0.15, 0.2) is 0 Å². The fraction of sp³-hybridized carbons (Fsp3) is 0.222. The first kappa shape index (κ1) is 15.8. The number of benzene rings is 2. The minimum absolute atomic E-state index is 0.0874. The van der Waals surface area contributed by atoms with Gasteiger partial charge in [-0.3, -0.25) is 9.59 Å². The molecule has 2 N–H and O–H groups in total. The molecule has 0 aliphatic rings. The Morgan fingerprint density at radius 3 is 2.18 bits per heavy atom. The lowest BCUT2D eigenvalue weighted by molar-refractivity contribution is -0.137. The second-order valence-electron chi connectivity index (χ2n) is 5.25. The highest BCUT2D eigenvalue weighted by atomic mass is 16.4. The van der Waals surface area contributed by atoms with Crippen molar-refractivity contribution in [3.8, 4) is 0 Å². The van der Waals surface area contributed by atoms with Gasteiger partial charge in [-0.25, -0.2) is 0 Å². The molecule has 4 nitrogen and oxygen atoms in total. The van der Waals surface area contributed by atoms with Crippen LogP contribution < -0.4 is 5.32 Å². The number of carbonyl (C=O) groups excluding carboxylic acids is 1. The molecule has 0 heterocycles. The van der Waals surface area contributed by atoms with E-state index in [1.807, 2.05) is 61.5 Å². The Labute approximate surface area is 129 Å². The van der Waals surface area contributed by atoms with E-state index in [1.165, 1.54) is 0 Å². The number of rotatable bonds is 6. The molecule has 0 aliphatic heterocycles. The molecule has 0 saturated carbocycles. The van der Waals surface area contributed by atoms with E-state index in [1.54, 1.807) is 0 Å². The highest BCUT2D eigenvalue weighted by Crippen LogP contribution is 2.28. The average molecular weight is 297 g/mol. The summed E-state index contributed by atoms with van der Waals surface area (Å²) in [5.74, 6) is -1.40. The van der Waals surface area contributed by atoms with E-state index in [0.29, 0.717) is 0 Å². The van der Waals surface area contributed by atoms with Gasteiger partial charge in [0.2, 0.25) is 5.91 Å². The zero-order valence-corrected chi connectivity index (χ0v) is 12.5. The molecule has 1 unspecified atom stereocenters. The van der Waals surface area contributed by atoms with E-state index in [2.05, 4.69) is 5.32 Å². The summed E-state index contributed by atoms with van der Waals surface area (Å²) in [6.07, 6.45) is 0.223. The number of carboxylic acid groups (broad SMARTS) is 1. The van der Waals surface area contributed by atoms with Crippen LogP contribution in [0.2, 0.25) is 0 Å². The van der Waals surface area contributed by atoms with Gasteiger partial charge in [-0.1, -0.05) is 60.2 Å². The SMILES string of the molecule is Cc1ccc(C(CC(=O)NCC(=O)O)c2ccccc2)cc1. The van der Waals surface area contributed by atoms with E-state index in [-0.39, 0.29) is 24.8 Å². The summed E-state index contributed by atoms with van der Waals surface area (Å²) in [5.41, 5.74) is 3.24. The standard InChI is InChI=1S/C18H19NO3/c1-13-7-9-15(10-8-13)16(14-5-3-2-4-6-14)11-17(20)19-12-18(21)22/h2-10,16H,11-12H2,1H3,(H,19,20)(H,21,22). The molecule has 4 heteroatoms. The smallest absolute Gasteiger partial charge is 0.322 e. The van der Waals surface area contributed by atoms with Crippen LogP contribution in [0, 0.1) is 6.92 Å². The van der Waals surface area contributed by atoms with E-state index >= 15 is 0 Å². The van der Waals surface area contributed by atoms with Crippen molar-refractivity contribution in [1.82, 2.24) is 5.32 Å². The van der Waals surface area contributed by atoms with Crippen molar-refractivity contribution in [3.05, 3.63) is 71.3 Å². The van der Waals surface area contributed by atoms with Crippen molar-refractivity contribution in [2.24, 2.45) is 0 Å². The Hall–Kier alpha value is -2.62. The van der Waals surface area contributed by atoms with E-state index < -0.39 is 5.97 Å². The number of hydrogen-bond acceptors (Lipinski definition) is 2. The Morgan fingerprint density at radius 1 is 1.00 bits per heavy atom. The van der Waals surface area contributed by atoms with Crippen molar-refractivity contribution >= 4 is 11.9 Å². The fourth-order valence-electron chi connectivity index (χ4n) is 2.34. The lowest BCUT2D eigenvalue weighted by atomic mass is 9.88. The molecule has 0 aliphatic carbocycles. The second-order valence-corrected chi connectivity index (χ2v) is 5.25. The molecule has 1 atom stereocenters. The van der Waals surface area contributed by atoms with E-state index in [9.17, 15) is 9.59 Å². The van der Waals surface area contributed by atoms with Crippen molar-refractivity contribution in [3.63, 3.8) is 0 Å². The molecule has 2 aromatic carbocycles. The summed E-state index contributed by atoms with van der Waals surface area (Å²) in [4.78, 5) is 22.5. The van der Waals surface area contributed by atoms with E-state index in [0.717, 1.165) is 16.7 Å². The van der Waals surface area contributed by atoms with Gasteiger partial charge >= 0.3 is 5.97 Å². The molecule has 2 aromatic rings. The van der Waals surface area contributed by atoms with Gasteiger partial charge < -0.3 is 10.4 Å². The maximum atomic E-state index is 12.0. The van der Waals surface area contributed by atoms with Crippen LogP contribution >= 0.6 is 0 Å². The number of carboxylic acids is 1. The molecule has 0 saturated heterocycles. The maximum absolute atomic E-state index is 12.0. The molecule has 2 rings (SSSR count). The molecule has 0 radical (unpaired) electrons. The van der Waals surface area contributed by atoms with Gasteiger partial charge in [-0.15, -0.1) is 0 Å². The summed E-state index contributed by atoms with van der Waals surface area (Å²) in [5, 5.41) is 11.1. The highest BCUT2D eigenvalue weighted by Gasteiger charge is 2.18. The van der Waals surface area contributed by atoms with Crippen molar-refractivity contribution in [2.45, 2.75) is 19.3 Å². The first-order valence-electron chi connectivity index (χ1n) is 7.16. The third-order valence-corrected chi connectivity index (χ3v) is 3.51. The number of aryl methyl sites for hydroxylation is 1. The highest BCUT2D eigenvalue weighted by molar-refractivity contribution is 5.82. The third kappa shape index (κ3) is 4.45. The van der Waals surface area contributed by atoms with Gasteiger partial charge in [0.25, 0.3) is 0 Å². The third-order valence-electron chi connectivity index (χ3n) is 3.51. The van der Waals surface area contributed by atoms with Crippen LogP contribution in [-0.4, -0.2) is 23.5 Å². The van der Waals surface area contributed by atoms with Crippen LogP contribution in [0.1, 0.15) is 29.0 Å². The van der Waals surface area contributed by atoms with Crippen LogP contribution in [0.4, 0.5) is 0 Å². The monoisotopic (exact) mass is 297 g/mol. The molecular formula is C18H19NO3. The minimum Gasteiger partial charge on any atom is -0.480 e. The van der Waals surface area contributed by atoms with Crippen molar-refractivity contribution in [1.29, 1.82) is 0 Å². The minimum atomic E-state index is -1.04. The zero-order chi connectivity index (χ0) is 15.9. The fourth-order valence-corrected chi connectivity index (χ4v) is 2.34. The molecular weight excluding hydrogens is 278 g/mol. The molecule has 0 bridgehead atoms. The normalized spacial score (nSPS) is 11.7. The molecule has 0 spiro atoms. The number of nitrogens with one attached hydrogen (secondary N) is 1. The molecule has 1 amide bonds. The average Bonchev–Trinajstić information content (AvgIpc) is 2.52. The molecule has 114 valence electrons. The number of carbonyl (C=O) groups is 2. The van der Waals surface area contributed by atoms with Gasteiger partial charge in [-0.05, 0) is 18.1 Å². The summed E-state index contributed by atoms with van der Waals surface area (Å²) in [6, 6.07) is 17.8. The molecule has 0 fully saturated rings. The first-order valence-corrected chi connectivity index (χ1v) is 7.16. The Morgan fingerprint density at radius 2 is 1.59 bits per heavy atom. The predicted molar refractivity (Wildman–Crippen MR) is 84.7 cm³/mol. The maximum Gasteiger partial charge on any atom is 0.322 e. The molecule has 22 heavy (non-hydrogen) atoms. The Balaban J connectivity index is 2.21. The predicted octanol–water partition coefficient (Wildman–Crippen LogP) is 2.72. The lowest BCUT2D eigenvalue weighted by Gasteiger charge is -2.18. The molecule has 0 aromatic heterocycles. The van der Waals surface area contributed by atoms with Crippen molar-refractivity contribution < 1.29 is 14.7 Å². The number of amides is 1. The quantitative estimate of drug-likeness (QED) is 0.861. The van der Waals surface area contributed by atoms with Crippen LogP contribution in [0.15, 0.2) is 54.6 Å². The van der Waals surface area contributed by atoms with Gasteiger partial charge in [0.05, 0.1) is 0 Å². The van der Waals surface area contributed by atoms with Crippen LogP contribution in [0.25, 0.3) is 0 Å². The Kier molecular flexibility index (Phi) is 5.31. The lowest BCUT2D eigenvalue weighted by Crippen LogP contribution is -2.30. The topological polar surface area (TPSA) is 66.4 Å². The number of aliphatic carboxylic acids is 1. The second kappa shape index (κ2) is 7.41. The number of hydrogen-bond donors (Lipinski definition) is 2. The Bertz CT molecular complexity index is 635. The summed E-state index contributed by atoms with van der Waals surface area (Å²) in [7, 11) is 0. The van der Waals surface area contributed by atoms with Crippen LogP contribution in [-0.2, 0) is 9.59 Å².